The SMILES string of the molecule is Cc1sc(CNC(=O)OCC2c3ccccc3-c3ccccc32)nc1C(=O)N(C)CC(C)C(=O)O. The van der Waals surface area contributed by atoms with Gasteiger partial charge < -0.3 is 20.1 Å². The number of rotatable bonds is 8. The highest BCUT2D eigenvalue weighted by Gasteiger charge is 2.29. The third kappa shape index (κ3) is 5.19. The molecule has 0 bridgehead atoms. The van der Waals surface area contributed by atoms with E-state index < -0.39 is 18.0 Å². The summed E-state index contributed by atoms with van der Waals surface area (Å²) in [7, 11) is 1.55. The number of alkyl carbamates (subject to hydrolysis) is 1. The Hall–Kier alpha value is -3.72. The van der Waals surface area contributed by atoms with E-state index in [1.807, 2.05) is 24.3 Å². The maximum absolute atomic E-state index is 12.7. The van der Waals surface area contributed by atoms with Crippen LogP contribution in [0.1, 0.15) is 44.3 Å². The number of carboxylic acid groups (broad SMARTS) is 1. The van der Waals surface area contributed by atoms with Crippen LogP contribution in [0.4, 0.5) is 4.79 Å². The number of aromatic nitrogens is 1. The van der Waals surface area contributed by atoms with Crippen molar-refractivity contribution < 1.29 is 24.2 Å². The molecule has 4 rings (SSSR count). The second kappa shape index (κ2) is 10.3. The average Bonchev–Trinajstić information content (AvgIpc) is 3.38. The summed E-state index contributed by atoms with van der Waals surface area (Å²) in [5, 5.41) is 12.3. The molecular weight excluding hydrogens is 466 g/mol. The Morgan fingerprint density at radius 1 is 1.11 bits per heavy atom. The van der Waals surface area contributed by atoms with Gasteiger partial charge in [0.25, 0.3) is 5.91 Å². The molecule has 1 atom stereocenters. The lowest BCUT2D eigenvalue weighted by molar-refractivity contribution is -0.141. The second-order valence-electron chi connectivity index (χ2n) is 8.62. The maximum Gasteiger partial charge on any atom is 0.407 e. The molecule has 1 aliphatic rings. The predicted octanol–water partition coefficient (Wildman–Crippen LogP) is 4.28. The van der Waals surface area contributed by atoms with Crippen LogP contribution in [0.15, 0.2) is 48.5 Å². The molecule has 1 heterocycles. The number of hydrogen-bond donors (Lipinski definition) is 2. The minimum Gasteiger partial charge on any atom is -0.481 e. The molecule has 9 heteroatoms. The number of amides is 2. The van der Waals surface area contributed by atoms with Gasteiger partial charge in [0, 0.05) is 24.4 Å². The molecule has 182 valence electrons. The van der Waals surface area contributed by atoms with Gasteiger partial charge in [0.2, 0.25) is 0 Å². The van der Waals surface area contributed by atoms with Crippen molar-refractivity contribution >= 4 is 29.3 Å². The fraction of sp³-hybridized carbons (Fsp3) is 0.308. The van der Waals surface area contributed by atoms with E-state index in [0.29, 0.717) is 9.88 Å². The zero-order valence-electron chi connectivity index (χ0n) is 19.8. The molecule has 3 aromatic rings. The van der Waals surface area contributed by atoms with Crippen molar-refractivity contribution in [2.75, 3.05) is 20.2 Å². The van der Waals surface area contributed by atoms with Gasteiger partial charge in [0.05, 0.1) is 12.5 Å². The van der Waals surface area contributed by atoms with Crippen LogP contribution in [-0.2, 0) is 16.1 Å². The topological polar surface area (TPSA) is 109 Å². The molecule has 8 nitrogen and oxygen atoms in total. The molecule has 0 saturated heterocycles. The lowest BCUT2D eigenvalue weighted by Gasteiger charge is -2.18. The monoisotopic (exact) mass is 493 g/mol. The van der Waals surface area contributed by atoms with Crippen molar-refractivity contribution in [3.05, 3.63) is 75.2 Å². The van der Waals surface area contributed by atoms with Crippen molar-refractivity contribution in [3.63, 3.8) is 0 Å². The number of aryl methyl sites for hydroxylation is 1. The van der Waals surface area contributed by atoms with Crippen molar-refractivity contribution in [1.82, 2.24) is 15.2 Å². The minimum absolute atomic E-state index is 0.0248. The molecular formula is C26H27N3O5S. The van der Waals surface area contributed by atoms with Gasteiger partial charge in [-0.1, -0.05) is 55.5 Å². The van der Waals surface area contributed by atoms with Crippen LogP contribution in [0.3, 0.4) is 0 Å². The predicted molar refractivity (Wildman–Crippen MR) is 133 cm³/mol. The van der Waals surface area contributed by atoms with E-state index >= 15 is 0 Å². The van der Waals surface area contributed by atoms with Gasteiger partial charge >= 0.3 is 12.1 Å². The first kappa shape index (κ1) is 24.4. The van der Waals surface area contributed by atoms with Crippen molar-refractivity contribution in [2.24, 2.45) is 5.92 Å². The third-order valence-corrected chi connectivity index (χ3v) is 7.06. The zero-order valence-corrected chi connectivity index (χ0v) is 20.6. The Kier molecular flexibility index (Phi) is 7.16. The molecule has 0 spiro atoms. The van der Waals surface area contributed by atoms with Crippen LogP contribution in [0.5, 0.6) is 0 Å². The number of aliphatic carboxylic acids is 1. The highest BCUT2D eigenvalue weighted by Crippen LogP contribution is 2.44. The van der Waals surface area contributed by atoms with Gasteiger partial charge in [-0.05, 0) is 29.2 Å². The van der Waals surface area contributed by atoms with Crippen LogP contribution in [0.25, 0.3) is 11.1 Å². The largest absolute Gasteiger partial charge is 0.481 e. The molecule has 2 amide bonds. The number of carboxylic acids is 1. The number of nitrogens with zero attached hydrogens (tertiary/aromatic N) is 2. The van der Waals surface area contributed by atoms with E-state index in [2.05, 4.69) is 34.6 Å². The first-order chi connectivity index (χ1) is 16.8. The fourth-order valence-corrected chi connectivity index (χ4v) is 5.14. The normalized spacial score (nSPS) is 13.0. The average molecular weight is 494 g/mol. The molecule has 2 N–H and O–H groups in total. The van der Waals surface area contributed by atoms with Crippen molar-refractivity contribution in [2.45, 2.75) is 26.3 Å². The first-order valence-electron chi connectivity index (χ1n) is 11.3. The summed E-state index contributed by atoms with van der Waals surface area (Å²) < 4.78 is 5.55. The number of benzene rings is 2. The lowest BCUT2D eigenvalue weighted by Crippen LogP contribution is -2.34. The first-order valence-corrected chi connectivity index (χ1v) is 12.1. The van der Waals surface area contributed by atoms with Gasteiger partial charge in [0.15, 0.2) is 0 Å². The molecule has 0 aliphatic heterocycles. The second-order valence-corrected chi connectivity index (χ2v) is 9.90. The number of thiazole rings is 1. The van der Waals surface area contributed by atoms with Crippen LogP contribution in [0.2, 0.25) is 0 Å². The van der Waals surface area contributed by atoms with Crippen LogP contribution < -0.4 is 5.32 Å². The van der Waals surface area contributed by atoms with Gasteiger partial charge in [-0.25, -0.2) is 9.78 Å². The minimum atomic E-state index is -0.965. The van der Waals surface area contributed by atoms with E-state index in [0.717, 1.165) is 22.3 Å². The number of fused-ring (bicyclic) bond motifs is 3. The zero-order chi connectivity index (χ0) is 25.1. The standard InChI is InChI=1S/C26H27N3O5S/c1-15(25(31)32)13-29(3)24(30)23-16(2)35-22(28-23)12-27-26(33)34-14-21-19-10-6-4-8-17(19)18-9-5-7-11-20(18)21/h4-11,15,21H,12-14H2,1-3H3,(H,27,33)(H,31,32). The lowest BCUT2D eigenvalue weighted by atomic mass is 9.98. The summed E-state index contributed by atoms with van der Waals surface area (Å²) in [4.78, 5) is 42.6. The summed E-state index contributed by atoms with van der Waals surface area (Å²) in [6, 6.07) is 16.3. The summed E-state index contributed by atoms with van der Waals surface area (Å²) in [5.41, 5.74) is 4.87. The number of hydrogen-bond acceptors (Lipinski definition) is 6. The number of carbonyl (C=O) groups is 3. The maximum atomic E-state index is 12.7. The van der Waals surface area contributed by atoms with Crippen LogP contribution in [0, 0.1) is 12.8 Å². The summed E-state index contributed by atoms with van der Waals surface area (Å²) >= 11 is 1.31. The Morgan fingerprint density at radius 2 is 1.71 bits per heavy atom. The van der Waals surface area contributed by atoms with E-state index in [9.17, 15) is 14.4 Å². The third-order valence-electron chi connectivity index (χ3n) is 6.09. The Balaban J connectivity index is 1.34. The van der Waals surface area contributed by atoms with Gasteiger partial charge in [-0.15, -0.1) is 11.3 Å². The highest BCUT2D eigenvalue weighted by molar-refractivity contribution is 7.11. The van der Waals surface area contributed by atoms with E-state index in [1.54, 1.807) is 20.9 Å². The number of ether oxygens (including phenoxy) is 1. The summed E-state index contributed by atoms with van der Waals surface area (Å²) in [6.07, 6.45) is -0.556. The quantitative estimate of drug-likeness (QED) is 0.485. The molecule has 0 fully saturated rings. The van der Waals surface area contributed by atoms with Crippen molar-refractivity contribution in [1.29, 1.82) is 0 Å². The summed E-state index contributed by atoms with van der Waals surface area (Å²) in [6.45, 7) is 3.75. The molecule has 35 heavy (non-hydrogen) atoms. The number of nitrogens with one attached hydrogen (secondary N) is 1. The van der Waals surface area contributed by atoms with E-state index in [4.69, 9.17) is 9.84 Å². The Morgan fingerprint density at radius 3 is 2.31 bits per heavy atom. The Bertz CT molecular complexity index is 1230. The molecule has 1 aromatic heterocycles. The molecule has 1 aliphatic carbocycles. The molecule has 1 unspecified atom stereocenters. The number of carbonyl (C=O) groups excluding carboxylic acids is 2. The van der Waals surface area contributed by atoms with E-state index in [1.165, 1.54) is 16.2 Å². The van der Waals surface area contributed by atoms with E-state index in [-0.39, 0.29) is 37.2 Å². The fourth-order valence-electron chi connectivity index (χ4n) is 4.28. The summed E-state index contributed by atoms with van der Waals surface area (Å²) in [5.74, 6) is -2.02. The smallest absolute Gasteiger partial charge is 0.407 e. The Labute approximate surface area is 207 Å². The van der Waals surface area contributed by atoms with Gasteiger partial charge in [-0.2, -0.15) is 0 Å². The molecule has 0 saturated carbocycles. The van der Waals surface area contributed by atoms with Crippen molar-refractivity contribution in [3.8, 4) is 11.1 Å². The molecule has 0 radical (unpaired) electrons. The van der Waals surface area contributed by atoms with Gasteiger partial charge in [0.1, 0.15) is 17.3 Å². The van der Waals surface area contributed by atoms with Crippen LogP contribution >= 0.6 is 11.3 Å². The molecule has 2 aromatic carbocycles. The van der Waals surface area contributed by atoms with Crippen LogP contribution in [-0.4, -0.2) is 53.2 Å². The highest BCUT2D eigenvalue weighted by atomic mass is 32.1. The van der Waals surface area contributed by atoms with Gasteiger partial charge in [-0.3, -0.25) is 9.59 Å².